The average molecular weight is 320 g/mol. The van der Waals surface area contributed by atoms with E-state index in [0.29, 0.717) is 10.6 Å². The van der Waals surface area contributed by atoms with E-state index in [1.165, 1.54) is 0 Å². The second-order valence-electron chi connectivity index (χ2n) is 6.46. The van der Waals surface area contributed by atoms with Gasteiger partial charge in [-0.25, -0.2) is 0 Å². The number of hydrogen-bond donors (Lipinski definition) is 2. The van der Waals surface area contributed by atoms with E-state index in [0.717, 1.165) is 37.0 Å². The maximum absolute atomic E-state index is 12.6. The first kappa shape index (κ1) is 13.9. The SMILES string of the molecule is C/C(O)=C1/C(=O)N[C@@]23CCCC[C@@H]2[C@@H]1c1cc(Cl)ccc1O3. The van der Waals surface area contributed by atoms with Crippen LogP contribution in [-0.2, 0) is 4.79 Å². The number of benzene rings is 1. The first-order valence-electron chi connectivity index (χ1n) is 7.72. The molecule has 4 rings (SSSR count). The zero-order chi connectivity index (χ0) is 15.5. The summed E-state index contributed by atoms with van der Waals surface area (Å²) in [5.74, 6) is 0.595. The van der Waals surface area contributed by atoms with E-state index in [-0.39, 0.29) is 23.5 Å². The standard InChI is InChI=1S/C17H18ClNO3/c1-9(20)14-15-11-8-10(18)5-6-13(11)22-17(19-16(14)21)7-3-2-4-12(15)17/h5-6,8,12,15,20H,2-4,7H2,1H3,(H,19,21)/b14-9-/t12-,15+,17-/m1/s1. The predicted molar refractivity (Wildman–Crippen MR) is 83.0 cm³/mol. The maximum Gasteiger partial charge on any atom is 0.254 e. The molecule has 3 atom stereocenters. The number of nitrogens with one attached hydrogen (secondary N) is 1. The number of aliphatic hydroxyl groups is 1. The van der Waals surface area contributed by atoms with Crippen molar-refractivity contribution in [3.63, 3.8) is 0 Å². The van der Waals surface area contributed by atoms with E-state index in [1.807, 2.05) is 12.1 Å². The summed E-state index contributed by atoms with van der Waals surface area (Å²) in [5, 5.41) is 13.7. The number of carbonyl (C=O) groups is 1. The normalized spacial score (nSPS) is 34.9. The summed E-state index contributed by atoms with van der Waals surface area (Å²) in [7, 11) is 0. The first-order valence-corrected chi connectivity index (χ1v) is 8.10. The lowest BCUT2D eigenvalue weighted by atomic mass is 9.64. The largest absolute Gasteiger partial charge is 0.512 e. The van der Waals surface area contributed by atoms with Crippen LogP contribution in [-0.4, -0.2) is 16.7 Å². The van der Waals surface area contributed by atoms with Crippen LogP contribution in [0.2, 0.25) is 5.02 Å². The van der Waals surface area contributed by atoms with Crippen LogP contribution in [0.5, 0.6) is 5.75 Å². The molecule has 3 aliphatic rings. The Bertz CT molecular complexity index is 695. The van der Waals surface area contributed by atoms with Gasteiger partial charge in [-0.2, -0.15) is 0 Å². The van der Waals surface area contributed by atoms with Crippen molar-refractivity contribution in [1.82, 2.24) is 5.32 Å². The Balaban J connectivity index is 1.97. The summed E-state index contributed by atoms with van der Waals surface area (Å²) in [4.78, 5) is 12.6. The molecule has 0 spiro atoms. The minimum Gasteiger partial charge on any atom is -0.512 e. The number of ether oxygens (including phenoxy) is 1. The van der Waals surface area contributed by atoms with Crippen LogP contribution in [0.15, 0.2) is 29.5 Å². The lowest BCUT2D eigenvalue weighted by molar-refractivity contribution is -0.140. The molecular weight excluding hydrogens is 302 g/mol. The van der Waals surface area contributed by atoms with Crippen LogP contribution < -0.4 is 10.1 Å². The zero-order valence-electron chi connectivity index (χ0n) is 12.4. The Morgan fingerprint density at radius 3 is 3.05 bits per heavy atom. The highest BCUT2D eigenvalue weighted by Gasteiger charge is 2.57. The number of fused-ring (bicyclic) bond motifs is 2. The van der Waals surface area contributed by atoms with E-state index >= 15 is 0 Å². The van der Waals surface area contributed by atoms with Crippen LogP contribution in [0.1, 0.15) is 44.1 Å². The lowest BCUT2D eigenvalue weighted by Crippen LogP contribution is -2.66. The van der Waals surface area contributed by atoms with Crippen molar-refractivity contribution in [3.05, 3.63) is 40.1 Å². The summed E-state index contributed by atoms with van der Waals surface area (Å²) in [6.45, 7) is 1.57. The predicted octanol–water partition coefficient (Wildman–Crippen LogP) is 3.66. The molecule has 1 saturated carbocycles. The third-order valence-corrected chi connectivity index (χ3v) is 5.42. The number of amides is 1. The molecule has 0 radical (unpaired) electrons. The fourth-order valence-electron chi connectivity index (χ4n) is 4.33. The minimum absolute atomic E-state index is 0.0782. The molecule has 116 valence electrons. The summed E-state index contributed by atoms with van der Waals surface area (Å²) >= 11 is 6.16. The van der Waals surface area contributed by atoms with E-state index in [2.05, 4.69) is 5.32 Å². The quantitative estimate of drug-likeness (QED) is 0.566. The number of allylic oxidation sites excluding steroid dienone is 1. The van der Waals surface area contributed by atoms with Gasteiger partial charge in [0.1, 0.15) is 5.75 Å². The van der Waals surface area contributed by atoms with Gasteiger partial charge < -0.3 is 15.2 Å². The maximum atomic E-state index is 12.6. The van der Waals surface area contributed by atoms with Crippen molar-refractivity contribution < 1.29 is 14.6 Å². The summed E-state index contributed by atoms with van der Waals surface area (Å²) in [6, 6.07) is 5.52. The molecule has 4 nitrogen and oxygen atoms in total. The lowest BCUT2D eigenvalue weighted by Gasteiger charge is -2.54. The second-order valence-corrected chi connectivity index (χ2v) is 6.89. The highest BCUT2D eigenvalue weighted by atomic mass is 35.5. The molecule has 1 amide bonds. The number of hydrogen-bond acceptors (Lipinski definition) is 3. The number of aliphatic hydroxyl groups excluding tert-OH is 1. The van der Waals surface area contributed by atoms with Crippen molar-refractivity contribution in [3.8, 4) is 5.75 Å². The van der Waals surface area contributed by atoms with Crippen LogP contribution >= 0.6 is 11.6 Å². The molecule has 2 aliphatic heterocycles. The van der Waals surface area contributed by atoms with Gasteiger partial charge in [0.25, 0.3) is 5.91 Å². The van der Waals surface area contributed by atoms with Crippen LogP contribution in [0, 0.1) is 5.92 Å². The summed E-state index contributed by atoms with van der Waals surface area (Å²) in [6.07, 6.45) is 3.91. The van der Waals surface area contributed by atoms with Gasteiger partial charge in [-0.1, -0.05) is 18.0 Å². The topological polar surface area (TPSA) is 58.6 Å². The number of carbonyl (C=O) groups excluding carboxylic acids is 1. The third-order valence-electron chi connectivity index (χ3n) is 5.18. The molecule has 22 heavy (non-hydrogen) atoms. The van der Waals surface area contributed by atoms with E-state index in [4.69, 9.17) is 16.3 Å². The van der Waals surface area contributed by atoms with Crippen LogP contribution in [0.25, 0.3) is 0 Å². The molecule has 1 aliphatic carbocycles. The van der Waals surface area contributed by atoms with Crippen molar-refractivity contribution in [2.75, 3.05) is 0 Å². The Kier molecular flexibility index (Phi) is 2.95. The average Bonchev–Trinajstić information content (AvgIpc) is 2.46. The number of piperidine rings is 1. The molecule has 1 saturated heterocycles. The van der Waals surface area contributed by atoms with Crippen molar-refractivity contribution >= 4 is 17.5 Å². The minimum atomic E-state index is -0.639. The van der Waals surface area contributed by atoms with E-state index < -0.39 is 5.72 Å². The summed E-state index contributed by atoms with van der Waals surface area (Å²) in [5.41, 5.74) is 0.724. The Morgan fingerprint density at radius 2 is 2.27 bits per heavy atom. The van der Waals surface area contributed by atoms with Crippen molar-refractivity contribution in [2.45, 2.75) is 44.2 Å². The number of rotatable bonds is 0. The molecule has 0 unspecified atom stereocenters. The van der Waals surface area contributed by atoms with E-state index in [1.54, 1.807) is 13.0 Å². The van der Waals surface area contributed by atoms with Gasteiger partial charge in [0.05, 0.1) is 11.3 Å². The first-order chi connectivity index (χ1) is 10.5. The van der Waals surface area contributed by atoms with Gasteiger partial charge in [0.2, 0.25) is 0 Å². The van der Waals surface area contributed by atoms with Crippen molar-refractivity contribution in [2.24, 2.45) is 5.92 Å². The van der Waals surface area contributed by atoms with E-state index in [9.17, 15) is 9.90 Å². The smallest absolute Gasteiger partial charge is 0.254 e. The molecule has 2 N–H and O–H groups in total. The molecule has 1 aromatic rings. The third kappa shape index (κ3) is 1.80. The molecule has 2 heterocycles. The molecule has 2 fully saturated rings. The van der Waals surface area contributed by atoms with Crippen molar-refractivity contribution in [1.29, 1.82) is 0 Å². The Hall–Kier alpha value is -1.68. The van der Waals surface area contributed by atoms with Gasteiger partial charge in [-0.15, -0.1) is 0 Å². The van der Waals surface area contributed by atoms with Gasteiger partial charge in [0.15, 0.2) is 5.72 Å². The molecular formula is C17H18ClNO3. The second kappa shape index (κ2) is 4.66. The van der Waals surface area contributed by atoms with Gasteiger partial charge in [-0.3, -0.25) is 4.79 Å². The fraction of sp³-hybridized carbons (Fsp3) is 0.471. The van der Waals surface area contributed by atoms with Gasteiger partial charge in [0, 0.05) is 28.8 Å². The summed E-state index contributed by atoms with van der Waals surface area (Å²) < 4.78 is 6.25. The fourth-order valence-corrected chi connectivity index (χ4v) is 4.51. The molecule has 2 bridgehead atoms. The highest BCUT2D eigenvalue weighted by molar-refractivity contribution is 6.30. The van der Waals surface area contributed by atoms with Gasteiger partial charge >= 0.3 is 0 Å². The molecule has 1 aromatic carbocycles. The van der Waals surface area contributed by atoms with Gasteiger partial charge in [-0.05, 0) is 38.0 Å². The highest BCUT2D eigenvalue weighted by Crippen LogP contribution is 2.56. The molecule has 5 heteroatoms. The number of halogens is 1. The van der Waals surface area contributed by atoms with Crippen LogP contribution in [0.3, 0.4) is 0 Å². The monoisotopic (exact) mass is 319 g/mol. The molecule has 0 aromatic heterocycles. The Labute approximate surface area is 134 Å². The van der Waals surface area contributed by atoms with Crippen LogP contribution in [0.4, 0.5) is 0 Å². The Morgan fingerprint density at radius 1 is 1.45 bits per heavy atom. The zero-order valence-corrected chi connectivity index (χ0v) is 13.1.